The average Bonchev–Trinajstić information content (AvgIpc) is 2.80. The molecule has 1 aromatic carbocycles. The number of ether oxygens (including phenoxy) is 4. The fraction of sp³-hybridized carbons (Fsp3) is 0.455. The molecule has 3 rings (SSSR count). The minimum Gasteiger partial charge on any atom is -0.502 e. The van der Waals surface area contributed by atoms with Crippen LogP contribution in [-0.4, -0.2) is 63.6 Å². The largest absolute Gasteiger partial charge is 0.502 e. The van der Waals surface area contributed by atoms with Crippen LogP contribution in [0.3, 0.4) is 0 Å². The van der Waals surface area contributed by atoms with E-state index in [1.807, 2.05) is 0 Å². The van der Waals surface area contributed by atoms with Crippen molar-refractivity contribution in [2.24, 2.45) is 0 Å². The van der Waals surface area contributed by atoms with E-state index in [4.69, 9.17) is 23.4 Å². The van der Waals surface area contributed by atoms with Gasteiger partial charge in [-0.2, -0.15) is 0 Å². The number of nitrogens with zero attached hydrogens (tertiary/aromatic N) is 1. The number of carbonyl (C=O) groups is 1. The van der Waals surface area contributed by atoms with E-state index < -0.39 is 23.1 Å². The van der Waals surface area contributed by atoms with Gasteiger partial charge in [0.15, 0.2) is 17.3 Å². The molecular formula is C22H27NO8. The second kappa shape index (κ2) is 10.3. The van der Waals surface area contributed by atoms with Gasteiger partial charge >= 0.3 is 5.97 Å². The fourth-order valence-electron chi connectivity index (χ4n) is 3.53. The molecule has 0 spiro atoms. The summed E-state index contributed by atoms with van der Waals surface area (Å²) in [5, 5.41) is 10.5. The molecule has 168 valence electrons. The first-order valence-electron chi connectivity index (χ1n) is 9.91. The highest BCUT2D eigenvalue weighted by molar-refractivity contribution is 5.71. The number of esters is 1. The van der Waals surface area contributed by atoms with E-state index in [0.29, 0.717) is 55.7 Å². The normalized spacial score (nSPS) is 15.3. The third-order valence-electron chi connectivity index (χ3n) is 5.21. The quantitative estimate of drug-likeness (QED) is 0.624. The second-order valence-corrected chi connectivity index (χ2v) is 7.13. The van der Waals surface area contributed by atoms with E-state index in [-0.39, 0.29) is 12.2 Å². The van der Waals surface area contributed by atoms with Gasteiger partial charge in [-0.05, 0) is 17.7 Å². The number of hydrogen-bond donors (Lipinski definition) is 1. The lowest BCUT2D eigenvalue weighted by Gasteiger charge is -2.26. The van der Waals surface area contributed by atoms with Gasteiger partial charge in [0.05, 0.1) is 53.4 Å². The SMILES string of the molecule is COC(=O)C[C@@H](c1ccc(OC)c(OC)c1)c1oc(CN2CCOCC2)cc(=O)c1O. The highest BCUT2D eigenvalue weighted by Crippen LogP contribution is 2.37. The van der Waals surface area contributed by atoms with Gasteiger partial charge in [-0.1, -0.05) is 6.07 Å². The Bertz CT molecular complexity index is 964. The molecule has 1 saturated heterocycles. The van der Waals surface area contributed by atoms with Crippen LogP contribution in [0.2, 0.25) is 0 Å². The van der Waals surface area contributed by atoms with Crippen LogP contribution < -0.4 is 14.9 Å². The molecular weight excluding hydrogens is 406 g/mol. The average molecular weight is 433 g/mol. The minimum atomic E-state index is -0.760. The lowest BCUT2D eigenvalue weighted by atomic mass is 9.91. The van der Waals surface area contributed by atoms with Crippen LogP contribution >= 0.6 is 0 Å². The minimum absolute atomic E-state index is 0.00776. The molecule has 1 aromatic heterocycles. The summed E-state index contributed by atoms with van der Waals surface area (Å²) in [4.78, 5) is 26.7. The van der Waals surface area contributed by atoms with Crippen LogP contribution in [-0.2, 0) is 20.8 Å². The smallest absolute Gasteiger partial charge is 0.306 e. The third-order valence-corrected chi connectivity index (χ3v) is 5.21. The van der Waals surface area contributed by atoms with Crippen LogP contribution in [0, 0.1) is 0 Å². The van der Waals surface area contributed by atoms with Gasteiger partial charge in [-0.3, -0.25) is 14.5 Å². The first kappa shape index (κ1) is 22.6. The van der Waals surface area contributed by atoms with Crippen molar-refractivity contribution >= 4 is 5.97 Å². The highest BCUT2D eigenvalue weighted by Gasteiger charge is 2.28. The first-order valence-corrected chi connectivity index (χ1v) is 9.91. The number of rotatable bonds is 8. The van der Waals surface area contributed by atoms with Crippen molar-refractivity contribution in [2.75, 3.05) is 47.6 Å². The molecule has 31 heavy (non-hydrogen) atoms. The molecule has 0 radical (unpaired) electrons. The first-order chi connectivity index (χ1) is 15.0. The Morgan fingerprint density at radius 1 is 1.13 bits per heavy atom. The van der Waals surface area contributed by atoms with Crippen molar-refractivity contribution in [1.82, 2.24) is 4.90 Å². The summed E-state index contributed by atoms with van der Waals surface area (Å²) in [6.45, 7) is 3.02. The molecule has 9 heteroatoms. The number of morpholine rings is 1. The van der Waals surface area contributed by atoms with Gasteiger partial charge in [0, 0.05) is 19.2 Å². The van der Waals surface area contributed by atoms with E-state index in [1.54, 1.807) is 18.2 Å². The van der Waals surface area contributed by atoms with Crippen molar-refractivity contribution in [3.8, 4) is 17.2 Å². The fourth-order valence-corrected chi connectivity index (χ4v) is 3.53. The van der Waals surface area contributed by atoms with Gasteiger partial charge in [0.2, 0.25) is 11.2 Å². The Hall–Kier alpha value is -3.04. The predicted octanol–water partition coefficient (Wildman–Crippen LogP) is 1.89. The highest BCUT2D eigenvalue weighted by atomic mass is 16.5. The number of methoxy groups -OCH3 is 3. The van der Waals surface area contributed by atoms with Gasteiger partial charge in [-0.25, -0.2) is 0 Å². The lowest BCUT2D eigenvalue weighted by molar-refractivity contribution is -0.140. The molecule has 0 saturated carbocycles. The van der Waals surface area contributed by atoms with Gasteiger partial charge in [0.25, 0.3) is 0 Å². The van der Waals surface area contributed by atoms with Crippen molar-refractivity contribution < 1.29 is 33.3 Å². The van der Waals surface area contributed by atoms with E-state index >= 15 is 0 Å². The Morgan fingerprint density at radius 3 is 2.48 bits per heavy atom. The summed E-state index contributed by atoms with van der Waals surface area (Å²) in [5.74, 6) is -0.446. The van der Waals surface area contributed by atoms with Crippen molar-refractivity contribution in [1.29, 1.82) is 0 Å². The summed E-state index contributed by atoms with van der Waals surface area (Å²) in [6, 6.07) is 6.37. The standard InChI is InChI=1S/C22H27NO8/c1-27-18-5-4-14(10-19(18)28-2)16(12-20(25)29-3)22-21(26)17(24)11-15(31-22)13-23-6-8-30-9-7-23/h4-5,10-11,16,26H,6-9,12-13H2,1-3H3/t16-/m0/s1. The van der Waals surface area contributed by atoms with E-state index in [2.05, 4.69) is 4.90 Å². The maximum absolute atomic E-state index is 12.5. The number of hydrogen-bond acceptors (Lipinski definition) is 9. The maximum Gasteiger partial charge on any atom is 0.306 e. The molecule has 1 aliphatic heterocycles. The van der Waals surface area contributed by atoms with Crippen LogP contribution in [0.15, 0.2) is 33.5 Å². The number of benzene rings is 1. The van der Waals surface area contributed by atoms with Crippen molar-refractivity contribution in [3.05, 3.63) is 51.6 Å². The molecule has 0 amide bonds. The summed E-state index contributed by atoms with van der Waals surface area (Å²) < 4.78 is 26.8. The van der Waals surface area contributed by atoms with E-state index in [9.17, 15) is 14.7 Å². The summed E-state index contributed by atoms with van der Waals surface area (Å²) in [7, 11) is 4.29. The Labute approximate surface area is 180 Å². The van der Waals surface area contributed by atoms with Gasteiger partial charge in [-0.15, -0.1) is 0 Å². The summed E-state index contributed by atoms with van der Waals surface area (Å²) in [5.41, 5.74) is 0.0323. The monoisotopic (exact) mass is 433 g/mol. The maximum atomic E-state index is 12.5. The molecule has 1 fully saturated rings. The molecule has 1 atom stereocenters. The Kier molecular flexibility index (Phi) is 7.54. The molecule has 0 bridgehead atoms. The second-order valence-electron chi connectivity index (χ2n) is 7.13. The van der Waals surface area contributed by atoms with Crippen molar-refractivity contribution in [2.45, 2.75) is 18.9 Å². The summed E-state index contributed by atoms with van der Waals surface area (Å²) >= 11 is 0. The zero-order chi connectivity index (χ0) is 22.4. The van der Waals surface area contributed by atoms with Crippen LogP contribution in [0.5, 0.6) is 17.2 Å². The van der Waals surface area contributed by atoms with Crippen LogP contribution in [0.1, 0.15) is 29.4 Å². The molecule has 2 aromatic rings. The molecule has 9 nitrogen and oxygen atoms in total. The molecule has 2 heterocycles. The van der Waals surface area contributed by atoms with Crippen LogP contribution in [0.25, 0.3) is 0 Å². The predicted molar refractivity (Wildman–Crippen MR) is 111 cm³/mol. The zero-order valence-corrected chi connectivity index (χ0v) is 17.9. The summed E-state index contributed by atoms with van der Waals surface area (Å²) in [6.07, 6.45) is -0.135. The molecule has 1 N–H and O–H groups in total. The topological polar surface area (TPSA) is 108 Å². The van der Waals surface area contributed by atoms with Gasteiger partial charge < -0.3 is 28.5 Å². The number of carbonyl (C=O) groups excluding carboxylic acids is 1. The number of aromatic hydroxyl groups is 1. The lowest BCUT2D eigenvalue weighted by Crippen LogP contribution is -2.35. The molecule has 0 aliphatic carbocycles. The Balaban J connectivity index is 2.04. The Morgan fingerprint density at radius 2 is 1.84 bits per heavy atom. The van der Waals surface area contributed by atoms with E-state index in [1.165, 1.54) is 27.4 Å². The van der Waals surface area contributed by atoms with Crippen LogP contribution in [0.4, 0.5) is 0 Å². The zero-order valence-electron chi connectivity index (χ0n) is 17.9. The van der Waals surface area contributed by atoms with Crippen molar-refractivity contribution in [3.63, 3.8) is 0 Å². The third kappa shape index (κ3) is 5.36. The molecule has 1 aliphatic rings. The van der Waals surface area contributed by atoms with E-state index in [0.717, 1.165) is 0 Å². The van der Waals surface area contributed by atoms with Gasteiger partial charge in [0.1, 0.15) is 5.76 Å². The molecule has 0 unspecified atom stereocenters.